The van der Waals surface area contributed by atoms with Crippen LogP contribution in [-0.2, 0) is 4.79 Å². The van der Waals surface area contributed by atoms with Gasteiger partial charge in [-0.2, -0.15) is 0 Å². The number of rotatable bonds is 6. The number of fused-ring (bicyclic) bond motifs is 1. The van der Waals surface area contributed by atoms with Gasteiger partial charge in [-0.15, -0.1) is 0 Å². The van der Waals surface area contributed by atoms with E-state index in [0.717, 1.165) is 61.3 Å². The number of hydrogen-bond donors (Lipinski definition) is 3. The number of carbonyl (C=O) groups is 1. The molecule has 10 nitrogen and oxygen atoms in total. The number of nitrogens with zero attached hydrogens (tertiary/aromatic N) is 6. The fourth-order valence-corrected chi connectivity index (χ4v) is 4.59. The lowest BCUT2D eigenvalue weighted by Gasteiger charge is -2.29. The predicted octanol–water partition coefficient (Wildman–Crippen LogP) is 2.92. The van der Waals surface area contributed by atoms with Crippen molar-refractivity contribution in [3.63, 3.8) is 0 Å². The van der Waals surface area contributed by atoms with Crippen molar-refractivity contribution in [2.75, 3.05) is 47.8 Å². The van der Waals surface area contributed by atoms with E-state index in [1.807, 2.05) is 25.1 Å². The molecule has 0 radical (unpaired) electrons. The first kappa shape index (κ1) is 23.4. The summed E-state index contributed by atoms with van der Waals surface area (Å²) < 4.78 is 0. The minimum absolute atomic E-state index is 0.0492. The molecule has 35 heavy (non-hydrogen) atoms. The molecule has 0 spiro atoms. The SMILES string of the molecule is CC[C@@H](O)c1cc2cnc(Nc3ccc(N4CCCNCC4=O)cn3)nc2c(N2CCCCC2)n1. The number of carbonyl (C=O) groups excluding carboxylic acids is 1. The van der Waals surface area contributed by atoms with E-state index in [2.05, 4.69) is 25.5 Å². The summed E-state index contributed by atoms with van der Waals surface area (Å²) in [6, 6.07) is 5.60. The van der Waals surface area contributed by atoms with E-state index in [-0.39, 0.29) is 5.91 Å². The van der Waals surface area contributed by atoms with Crippen LogP contribution in [0.15, 0.2) is 30.6 Å². The lowest BCUT2D eigenvalue weighted by atomic mass is 10.1. The summed E-state index contributed by atoms with van der Waals surface area (Å²) in [6.07, 6.45) is 7.80. The van der Waals surface area contributed by atoms with Crippen LogP contribution in [0.3, 0.4) is 0 Å². The highest BCUT2D eigenvalue weighted by atomic mass is 16.3. The number of aliphatic hydroxyl groups is 1. The van der Waals surface area contributed by atoms with Crippen molar-refractivity contribution in [1.29, 1.82) is 0 Å². The van der Waals surface area contributed by atoms with E-state index in [1.54, 1.807) is 17.3 Å². The molecule has 5 heterocycles. The fourth-order valence-electron chi connectivity index (χ4n) is 4.59. The number of aliphatic hydroxyl groups excluding tert-OH is 1. The van der Waals surface area contributed by atoms with Gasteiger partial charge in [0.05, 0.1) is 30.2 Å². The van der Waals surface area contributed by atoms with Gasteiger partial charge in [0, 0.05) is 31.2 Å². The fraction of sp³-hybridized carbons (Fsp3) is 0.480. The minimum Gasteiger partial charge on any atom is -0.387 e. The number of aromatic nitrogens is 4. The molecule has 10 heteroatoms. The van der Waals surface area contributed by atoms with Crippen molar-refractivity contribution < 1.29 is 9.90 Å². The Labute approximate surface area is 204 Å². The van der Waals surface area contributed by atoms with E-state index in [9.17, 15) is 9.90 Å². The van der Waals surface area contributed by atoms with Crippen LogP contribution < -0.4 is 20.4 Å². The molecule has 0 aromatic carbocycles. The quantitative estimate of drug-likeness (QED) is 0.493. The first-order valence-electron chi connectivity index (χ1n) is 12.5. The molecule has 2 aliphatic heterocycles. The zero-order chi connectivity index (χ0) is 24.2. The van der Waals surface area contributed by atoms with Gasteiger partial charge in [0.1, 0.15) is 11.3 Å². The van der Waals surface area contributed by atoms with Gasteiger partial charge in [0.25, 0.3) is 0 Å². The summed E-state index contributed by atoms with van der Waals surface area (Å²) in [7, 11) is 0. The topological polar surface area (TPSA) is 119 Å². The van der Waals surface area contributed by atoms with Crippen LogP contribution in [0.2, 0.25) is 0 Å². The third-order valence-corrected chi connectivity index (χ3v) is 6.56. The maximum absolute atomic E-state index is 12.3. The summed E-state index contributed by atoms with van der Waals surface area (Å²) in [5.74, 6) is 1.87. The van der Waals surface area contributed by atoms with Gasteiger partial charge in [-0.05, 0) is 56.8 Å². The van der Waals surface area contributed by atoms with E-state index in [4.69, 9.17) is 9.97 Å². The van der Waals surface area contributed by atoms with E-state index >= 15 is 0 Å². The molecule has 184 valence electrons. The molecule has 0 saturated carbocycles. The second kappa shape index (κ2) is 10.5. The molecular formula is C25H32N8O2. The predicted molar refractivity (Wildman–Crippen MR) is 136 cm³/mol. The molecule has 3 aromatic rings. The standard InChI is InChI=1S/C25H32N8O2/c1-2-20(34)19-13-17-14-28-25(31-23(17)24(29-19)32-10-4-3-5-11-32)30-21-8-7-18(15-27-21)33-12-6-9-26-16-22(33)35/h7-8,13-15,20,26,34H,2-6,9-12,16H2,1H3,(H,27,28,30,31)/t20-/m1/s1. The van der Waals surface area contributed by atoms with Crippen LogP contribution >= 0.6 is 0 Å². The molecule has 1 amide bonds. The van der Waals surface area contributed by atoms with Crippen molar-refractivity contribution in [2.24, 2.45) is 0 Å². The minimum atomic E-state index is -0.615. The molecule has 2 aliphatic rings. The third kappa shape index (κ3) is 5.18. The van der Waals surface area contributed by atoms with Crippen LogP contribution in [0.5, 0.6) is 0 Å². The van der Waals surface area contributed by atoms with Gasteiger partial charge < -0.3 is 25.5 Å². The maximum Gasteiger partial charge on any atom is 0.240 e. The van der Waals surface area contributed by atoms with Gasteiger partial charge in [-0.25, -0.2) is 19.9 Å². The molecule has 2 saturated heterocycles. The molecule has 2 fully saturated rings. The summed E-state index contributed by atoms with van der Waals surface area (Å²) in [6.45, 7) is 5.65. The number of anilines is 4. The van der Waals surface area contributed by atoms with E-state index in [0.29, 0.717) is 37.0 Å². The van der Waals surface area contributed by atoms with Crippen molar-refractivity contribution in [3.05, 3.63) is 36.3 Å². The zero-order valence-electron chi connectivity index (χ0n) is 20.1. The second-order valence-electron chi connectivity index (χ2n) is 9.08. The van der Waals surface area contributed by atoms with Crippen LogP contribution in [-0.4, -0.2) is 63.7 Å². The summed E-state index contributed by atoms with van der Waals surface area (Å²) in [5.41, 5.74) is 2.19. The van der Waals surface area contributed by atoms with Gasteiger partial charge in [0.15, 0.2) is 5.82 Å². The smallest absolute Gasteiger partial charge is 0.240 e. The number of hydrogen-bond acceptors (Lipinski definition) is 9. The average molecular weight is 477 g/mol. The highest BCUT2D eigenvalue weighted by molar-refractivity contribution is 5.95. The Bertz CT molecular complexity index is 1180. The Morgan fingerprint density at radius 2 is 1.94 bits per heavy atom. The van der Waals surface area contributed by atoms with Crippen LogP contribution in [0, 0.1) is 0 Å². The summed E-state index contributed by atoms with van der Waals surface area (Å²) in [5, 5.41) is 17.6. The third-order valence-electron chi connectivity index (χ3n) is 6.56. The van der Waals surface area contributed by atoms with Gasteiger partial charge in [0.2, 0.25) is 11.9 Å². The molecule has 3 N–H and O–H groups in total. The molecule has 0 unspecified atom stereocenters. The second-order valence-corrected chi connectivity index (χ2v) is 9.08. The lowest BCUT2D eigenvalue weighted by Crippen LogP contribution is -2.34. The van der Waals surface area contributed by atoms with Crippen molar-refractivity contribution in [2.45, 2.75) is 45.1 Å². The Kier molecular flexibility index (Phi) is 7.01. The highest BCUT2D eigenvalue weighted by Gasteiger charge is 2.21. The van der Waals surface area contributed by atoms with Crippen molar-refractivity contribution in [1.82, 2.24) is 25.3 Å². The Morgan fingerprint density at radius 3 is 2.71 bits per heavy atom. The number of piperidine rings is 1. The van der Waals surface area contributed by atoms with Gasteiger partial charge in [-0.1, -0.05) is 6.92 Å². The normalized spacial score (nSPS) is 17.9. The monoisotopic (exact) mass is 476 g/mol. The Balaban J connectivity index is 1.42. The van der Waals surface area contributed by atoms with Crippen LogP contribution in [0.4, 0.5) is 23.3 Å². The molecular weight excluding hydrogens is 444 g/mol. The molecule has 3 aromatic heterocycles. The van der Waals surface area contributed by atoms with Crippen LogP contribution in [0.25, 0.3) is 10.9 Å². The summed E-state index contributed by atoms with van der Waals surface area (Å²) >= 11 is 0. The van der Waals surface area contributed by atoms with Gasteiger partial charge in [-0.3, -0.25) is 4.79 Å². The molecule has 0 aliphatic carbocycles. The maximum atomic E-state index is 12.3. The van der Waals surface area contributed by atoms with Gasteiger partial charge >= 0.3 is 0 Å². The number of nitrogens with one attached hydrogen (secondary N) is 2. The lowest BCUT2D eigenvalue weighted by molar-refractivity contribution is -0.117. The van der Waals surface area contributed by atoms with E-state index in [1.165, 1.54) is 6.42 Å². The zero-order valence-corrected chi connectivity index (χ0v) is 20.1. The summed E-state index contributed by atoms with van der Waals surface area (Å²) in [4.78, 5) is 34.9. The Morgan fingerprint density at radius 1 is 1.09 bits per heavy atom. The van der Waals surface area contributed by atoms with Crippen molar-refractivity contribution >= 4 is 40.1 Å². The highest BCUT2D eigenvalue weighted by Crippen LogP contribution is 2.30. The number of amides is 1. The molecule has 1 atom stereocenters. The molecule has 5 rings (SSSR count). The molecule has 0 bridgehead atoms. The van der Waals surface area contributed by atoms with E-state index < -0.39 is 6.10 Å². The Hall–Kier alpha value is -3.37. The first-order valence-corrected chi connectivity index (χ1v) is 12.5. The number of pyridine rings is 2. The van der Waals surface area contributed by atoms with Crippen molar-refractivity contribution in [3.8, 4) is 0 Å². The average Bonchev–Trinajstić information content (AvgIpc) is 3.12. The first-order chi connectivity index (χ1) is 17.1. The largest absolute Gasteiger partial charge is 0.387 e. The van der Waals surface area contributed by atoms with Crippen LogP contribution in [0.1, 0.15) is 50.8 Å².